The van der Waals surface area contributed by atoms with Crippen molar-refractivity contribution in [3.63, 3.8) is 0 Å². The quantitative estimate of drug-likeness (QED) is 0.515. The summed E-state index contributed by atoms with van der Waals surface area (Å²) in [4.78, 5) is 3.45. The van der Waals surface area contributed by atoms with E-state index in [0.717, 1.165) is 22.8 Å². The predicted molar refractivity (Wildman–Crippen MR) is 87.7 cm³/mol. The van der Waals surface area contributed by atoms with E-state index in [9.17, 15) is 0 Å². The Balaban J connectivity index is 0.00000176. The molecule has 0 amide bonds. The van der Waals surface area contributed by atoms with Gasteiger partial charge in [0.2, 0.25) is 0 Å². The van der Waals surface area contributed by atoms with E-state index in [4.69, 9.17) is 0 Å². The lowest BCUT2D eigenvalue weighted by atomic mass is 10.2. The Hall–Kier alpha value is -2.58. The lowest BCUT2D eigenvalue weighted by molar-refractivity contribution is -0.352. The summed E-state index contributed by atoms with van der Waals surface area (Å²) < 4.78 is 0. The molecule has 0 radical (unpaired) electrons. The van der Waals surface area contributed by atoms with Crippen LogP contribution >= 0.6 is 0 Å². The topological polar surface area (TPSA) is 26.0 Å². The summed E-state index contributed by atoms with van der Waals surface area (Å²) in [5.41, 5.74) is 3.23. The molecular formula is C19H17ClN2. The Labute approximate surface area is 137 Å². The van der Waals surface area contributed by atoms with Crippen molar-refractivity contribution in [2.24, 2.45) is 0 Å². The third kappa shape index (κ3) is 4.21. The minimum absolute atomic E-state index is 0. The van der Waals surface area contributed by atoms with Crippen molar-refractivity contribution in [1.82, 2.24) is 0 Å². The van der Waals surface area contributed by atoms with Gasteiger partial charge < -0.3 is 12.4 Å². The normalized spacial score (nSPS) is 10.6. The Morgan fingerprint density at radius 2 is 1.14 bits per heavy atom. The highest BCUT2D eigenvalue weighted by Gasteiger charge is 2.11. The number of benzene rings is 3. The van der Waals surface area contributed by atoms with Crippen LogP contribution in [0.25, 0.3) is 0 Å². The summed E-state index contributed by atoms with van der Waals surface area (Å²) in [5, 5.41) is 3.45. The molecule has 0 fully saturated rings. The SMILES string of the molecule is [Cl-].c1ccc(NC(=[NH+]c2ccccc2)c2ccccc2)cc1. The Bertz CT molecular complexity index is 710. The first kappa shape index (κ1) is 15.8. The van der Waals surface area contributed by atoms with Crippen molar-refractivity contribution >= 4 is 17.2 Å². The third-order valence-corrected chi connectivity index (χ3v) is 3.15. The molecular weight excluding hydrogens is 292 g/mol. The molecule has 3 rings (SSSR count). The fraction of sp³-hybridized carbons (Fsp3) is 0. The molecule has 0 saturated carbocycles. The summed E-state index contributed by atoms with van der Waals surface area (Å²) >= 11 is 0. The largest absolute Gasteiger partial charge is 1.00 e. The summed E-state index contributed by atoms with van der Waals surface area (Å²) in [5.74, 6) is 0.966. The number of amidine groups is 1. The number of hydrogen-bond donors (Lipinski definition) is 2. The molecule has 110 valence electrons. The highest BCUT2D eigenvalue weighted by Crippen LogP contribution is 2.07. The first-order chi connectivity index (χ1) is 10.4. The molecule has 0 aliphatic rings. The molecule has 0 atom stereocenters. The van der Waals surface area contributed by atoms with Gasteiger partial charge in [-0.2, -0.15) is 0 Å². The van der Waals surface area contributed by atoms with Gasteiger partial charge in [0.15, 0.2) is 0 Å². The van der Waals surface area contributed by atoms with E-state index in [1.807, 2.05) is 54.6 Å². The molecule has 0 bridgehead atoms. The minimum atomic E-state index is 0. The van der Waals surface area contributed by atoms with Gasteiger partial charge in [0, 0.05) is 0 Å². The van der Waals surface area contributed by atoms with Crippen LogP contribution in [0.2, 0.25) is 0 Å². The molecule has 2 N–H and O–H groups in total. The van der Waals surface area contributed by atoms with Gasteiger partial charge in [-0.05, 0) is 36.4 Å². The summed E-state index contributed by atoms with van der Waals surface area (Å²) in [6.07, 6.45) is 0. The number of halogens is 1. The summed E-state index contributed by atoms with van der Waals surface area (Å²) in [6.45, 7) is 0. The second kappa shape index (κ2) is 8.01. The smallest absolute Gasteiger partial charge is 0.285 e. The van der Waals surface area contributed by atoms with Crippen LogP contribution in [0.4, 0.5) is 11.4 Å². The average molecular weight is 309 g/mol. The molecule has 0 heterocycles. The first-order valence-electron chi connectivity index (χ1n) is 6.98. The van der Waals surface area contributed by atoms with Gasteiger partial charge in [-0.15, -0.1) is 0 Å². The van der Waals surface area contributed by atoms with E-state index in [1.165, 1.54) is 0 Å². The zero-order valence-corrected chi connectivity index (χ0v) is 12.8. The summed E-state index contributed by atoms with van der Waals surface area (Å²) in [7, 11) is 0. The van der Waals surface area contributed by atoms with Gasteiger partial charge in [0.05, 0.1) is 5.56 Å². The van der Waals surface area contributed by atoms with Gasteiger partial charge >= 0.3 is 0 Å². The fourth-order valence-electron chi connectivity index (χ4n) is 2.11. The average Bonchev–Trinajstić information content (AvgIpc) is 2.57. The van der Waals surface area contributed by atoms with Crippen molar-refractivity contribution in [3.8, 4) is 0 Å². The van der Waals surface area contributed by atoms with Crippen LogP contribution < -0.4 is 22.7 Å². The molecule has 0 aliphatic carbocycles. The van der Waals surface area contributed by atoms with Crippen molar-refractivity contribution in [2.75, 3.05) is 5.32 Å². The van der Waals surface area contributed by atoms with Crippen LogP contribution in [0.5, 0.6) is 0 Å². The zero-order chi connectivity index (χ0) is 14.3. The molecule has 3 aromatic rings. The maximum absolute atomic E-state index is 3.45. The number of para-hydroxylation sites is 2. The van der Waals surface area contributed by atoms with Crippen molar-refractivity contribution in [3.05, 3.63) is 96.6 Å². The second-order valence-corrected chi connectivity index (χ2v) is 4.72. The maximum Gasteiger partial charge on any atom is 0.285 e. The lowest BCUT2D eigenvalue weighted by Crippen LogP contribution is -3.00. The van der Waals surface area contributed by atoms with Crippen molar-refractivity contribution < 1.29 is 17.4 Å². The van der Waals surface area contributed by atoms with E-state index in [-0.39, 0.29) is 12.4 Å². The molecule has 2 nitrogen and oxygen atoms in total. The standard InChI is InChI=1S/C19H16N2.ClH/c1-4-10-16(11-5-1)19(20-17-12-6-2-7-13-17)21-18-14-8-3-9-15-18;/h1-15H,(H,20,21);1H. The molecule has 0 unspecified atom stereocenters. The zero-order valence-electron chi connectivity index (χ0n) is 12.0. The highest BCUT2D eigenvalue weighted by molar-refractivity contribution is 6.04. The van der Waals surface area contributed by atoms with E-state index in [0.29, 0.717) is 0 Å². The Morgan fingerprint density at radius 3 is 1.73 bits per heavy atom. The second-order valence-electron chi connectivity index (χ2n) is 4.72. The fourth-order valence-corrected chi connectivity index (χ4v) is 2.11. The first-order valence-corrected chi connectivity index (χ1v) is 6.98. The Morgan fingerprint density at radius 1 is 0.636 bits per heavy atom. The Kier molecular flexibility index (Phi) is 5.75. The van der Waals surface area contributed by atoms with E-state index in [1.54, 1.807) is 0 Å². The molecule has 0 aliphatic heterocycles. The van der Waals surface area contributed by atoms with Crippen molar-refractivity contribution in [2.45, 2.75) is 0 Å². The minimum Gasteiger partial charge on any atom is -1.00 e. The third-order valence-electron chi connectivity index (χ3n) is 3.15. The van der Waals surface area contributed by atoms with Gasteiger partial charge in [-0.25, -0.2) is 10.3 Å². The van der Waals surface area contributed by atoms with Crippen LogP contribution in [0, 0.1) is 0 Å². The molecule has 0 aromatic heterocycles. The van der Waals surface area contributed by atoms with Crippen LogP contribution in [-0.2, 0) is 0 Å². The van der Waals surface area contributed by atoms with E-state index >= 15 is 0 Å². The van der Waals surface area contributed by atoms with Crippen LogP contribution in [0.3, 0.4) is 0 Å². The number of rotatable bonds is 3. The van der Waals surface area contributed by atoms with Gasteiger partial charge in [-0.1, -0.05) is 54.6 Å². The molecule has 22 heavy (non-hydrogen) atoms. The van der Waals surface area contributed by atoms with Gasteiger partial charge in [0.25, 0.3) is 5.84 Å². The van der Waals surface area contributed by atoms with E-state index in [2.05, 4.69) is 46.7 Å². The van der Waals surface area contributed by atoms with Crippen LogP contribution in [0.15, 0.2) is 91.0 Å². The lowest BCUT2D eigenvalue weighted by Gasteiger charge is -2.03. The van der Waals surface area contributed by atoms with E-state index < -0.39 is 0 Å². The number of nitrogens with one attached hydrogen (secondary N) is 2. The summed E-state index contributed by atoms with van der Waals surface area (Å²) in [6, 6.07) is 30.6. The highest BCUT2D eigenvalue weighted by atomic mass is 35.5. The van der Waals surface area contributed by atoms with Gasteiger partial charge in [-0.3, -0.25) is 0 Å². The number of anilines is 1. The molecule has 0 spiro atoms. The van der Waals surface area contributed by atoms with Gasteiger partial charge in [0.1, 0.15) is 11.4 Å². The molecule has 3 aromatic carbocycles. The predicted octanol–water partition coefficient (Wildman–Crippen LogP) is -0.0384. The molecule has 0 saturated heterocycles. The van der Waals surface area contributed by atoms with Crippen LogP contribution in [0.1, 0.15) is 5.56 Å². The van der Waals surface area contributed by atoms with Crippen LogP contribution in [-0.4, -0.2) is 5.84 Å². The molecule has 3 heteroatoms. The van der Waals surface area contributed by atoms with Crippen molar-refractivity contribution in [1.29, 1.82) is 0 Å². The monoisotopic (exact) mass is 308 g/mol. The maximum atomic E-state index is 3.45. The number of hydrogen-bond acceptors (Lipinski definition) is 0.